The van der Waals surface area contributed by atoms with Gasteiger partial charge in [-0.25, -0.2) is 9.97 Å². The van der Waals surface area contributed by atoms with Crippen LogP contribution in [-0.2, 0) is 17.8 Å². The molecule has 2 fully saturated rings. The molecular weight excluding hydrogens is 502 g/mol. The molecule has 2 aliphatic rings. The predicted octanol–water partition coefficient (Wildman–Crippen LogP) is 3.80. The highest BCUT2D eigenvalue weighted by molar-refractivity contribution is 6.33. The minimum absolute atomic E-state index is 0.110. The van der Waals surface area contributed by atoms with Crippen LogP contribution in [0, 0.1) is 6.92 Å². The molecule has 4 aromatic rings. The summed E-state index contributed by atoms with van der Waals surface area (Å²) in [6.07, 6.45) is 5.60. The van der Waals surface area contributed by atoms with Crippen LogP contribution in [0.15, 0.2) is 42.9 Å². The van der Waals surface area contributed by atoms with Gasteiger partial charge in [-0.2, -0.15) is 4.98 Å². The van der Waals surface area contributed by atoms with E-state index in [2.05, 4.69) is 27.2 Å². The lowest BCUT2D eigenvalue weighted by Crippen LogP contribution is -2.46. The van der Waals surface area contributed by atoms with Gasteiger partial charge in [-0.15, -0.1) is 0 Å². The van der Waals surface area contributed by atoms with Gasteiger partial charge in [0, 0.05) is 37.9 Å². The Hall–Kier alpha value is -3.56. The van der Waals surface area contributed by atoms with E-state index in [9.17, 15) is 4.79 Å². The van der Waals surface area contributed by atoms with E-state index in [-0.39, 0.29) is 11.5 Å². The molecule has 1 amide bonds. The second-order valence-corrected chi connectivity index (χ2v) is 10.8. The van der Waals surface area contributed by atoms with Crippen LogP contribution < -0.4 is 10.1 Å². The fourth-order valence-corrected chi connectivity index (χ4v) is 5.04. The Labute approximate surface area is 226 Å². The van der Waals surface area contributed by atoms with Crippen LogP contribution >= 0.6 is 11.6 Å². The number of imidazole rings is 1. The van der Waals surface area contributed by atoms with Gasteiger partial charge in [-0.3, -0.25) is 9.78 Å². The van der Waals surface area contributed by atoms with Gasteiger partial charge in [0.15, 0.2) is 11.2 Å². The fraction of sp³-hybridized carbons (Fsp3) is 0.393. The van der Waals surface area contributed by atoms with Crippen LogP contribution in [0.25, 0.3) is 22.6 Å². The zero-order chi connectivity index (χ0) is 26.3. The zero-order valence-electron chi connectivity index (χ0n) is 21.6. The zero-order valence-corrected chi connectivity index (χ0v) is 22.3. The number of hydrogen-bond donors (Lipinski definition) is 1. The van der Waals surface area contributed by atoms with Crippen molar-refractivity contribution >= 4 is 28.7 Å². The monoisotopic (exact) mass is 531 g/mol. The van der Waals surface area contributed by atoms with E-state index in [0.717, 1.165) is 61.4 Å². The van der Waals surface area contributed by atoms with Crippen molar-refractivity contribution < 1.29 is 9.53 Å². The van der Waals surface area contributed by atoms with Crippen molar-refractivity contribution in [3.8, 4) is 17.3 Å². The fourth-order valence-electron chi connectivity index (χ4n) is 4.76. The molecule has 196 valence electrons. The second-order valence-electron chi connectivity index (χ2n) is 10.4. The van der Waals surface area contributed by atoms with E-state index in [4.69, 9.17) is 21.3 Å². The van der Waals surface area contributed by atoms with Crippen molar-refractivity contribution in [3.63, 3.8) is 0 Å². The summed E-state index contributed by atoms with van der Waals surface area (Å²) in [6.45, 7) is 7.68. The molecule has 1 aliphatic heterocycles. The summed E-state index contributed by atoms with van der Waals surface area (Å²) >= 11 is 6.85. The Morgan fingerprint density at radius 3 is 2.68 bits per heavy atom. The smallest absolute Gasteiger partial charge is 0.245 e. The van der Waals surface area contributed by atoms with E-state index in [1.54, 1.807) is 6.20 Å². The van der Waals surface area contributed by atoms with Crippen molar-refractivity contribution in [2.45, 2.75) is 45.3 Å². The van der Waals surface area contributed by atoms with E-state index >= 15 is 0 Å². The van der Waals surface area contributed by atoms with Gasteiger partial charge in [0.25, 0.3) is 0 Å². The predicted molar refractivity (Wildman–Crippen MR) is 145 cm³/mol. The molecule has 1 saturated heterocycles. The highest BCUT2D eigenvalue weighted by atomic mass is 35.5. The number of halogens is 1. The topological polar surface area (TPSA) is 98.1 Å². The Morgan fingerprint density at radius 1 is 1.13 bits per heavy atom. The number of pyridine rings is 1. The maximum absolute atomic E-state index is 12.8. The highest BCUT2D eigenvalue weighted by Crippen LogP contribution is 2.41. The number of rotatable bonds is 7. The molecule has 9 nitrogen and oxygen atoms in total. The number of carbonyl (C=O) groups excluding carboxylic acids is 1. The van der Waals surface area contributed by atoms with Gasteiger partial charge in [0.2, 0.25) is 11.8 Å². The SMILES string of the molecule is Cc1ccnc(Cn2c(-c3ccc(CC(=O)N4CCNCC4)cc3Cl)nc3c(OC4(C)CC4)ncnc32)c1. The lowest BCUT2D eigenvalue weighted by atomic mass is 10.1. The number of amides is 1. The quantitative estimate of drug-likeness (QED) is 0.387. The minimum atomic E-state index is -0.209. The van der Waals surface area contributed by atoms with E-state index in [1.165, 1.54) is 6.33 Å². The number of aryl methyl sites for hydroxylation is 1. The highest BCUT2D eigenvalue weighted by Gasteiger charge is 2.41. The van der Waals surface area contributed by atoms with Crippen molar-refractivity contribution in [3.05, 3.63) is 64.7 Å². The second kappa shape index (κ2) is 9.96. The Kier molecular flexibility index (Phi) is 6.49. The summed E-state index contributed by atoms with van der Waals surface area (Å²) in [4.78, 5) is 33.2. The third kappa shape index (κ3) is 5.08. The van der Waals surface area contributed by atoms with Crippen molar-refractivity contribution in [2.75, 3.05) is 26.2 Å². The summed E-state index contributed by atoms with van der Waals surface area (Å²) in [6, 6.07) is 9.76. The first-order chi connectivity index (χ1) is 18.4. The molecular formula is C28H30ClN7O2. The Balaban J connectivity index is 1.38. The van der Waals surface area contributed by atoms with E-state index in [1.807, 2.05) is 46.7 Å². The van der Waals surface area contributed by atoms with Crippen LogP contribution in [0.1, 0.15) is 36.6 Å². The molecule has 6 rings (SSSR count). The van der Waals surface area contributed by atoms with Crippen LogP contribution in [0.5, 0.6) is 5.88 Å². The first-order valence-corrected chi connectivity index (χ1v) is 13.4. The number of hydrogen-bond acceptors (Lipinski definition) is 7. The van der Waals surface area contributed by atoms with Gasteiger partial charge in [-0.05, 0) is 62.1 Å². The van der Waals surface area contributed by atoms with E-state index in [0.29, 0.717) is 40.9 Å². The number of fused-ring (bicyclic) bond motifs is 1. The van der Waals surface area contributed by atoms with Gasteiger partial charge >= 0.3 is 0 Å². The third-order valence-corrected chi connectivity index (χ3v) is 7.50. The molecule has 1 aromatic carbocycles. The lowest BCUT2D eigenvalue weighted by molar-refractivity contribution is -0.131. The van der Waals surface area contributed by atoms with E-state index < -0.39 is 0 Å². The molecule has 10 heteroatoms. The largest absolute Gasteiger partial charge is 0.470 e. The minimum Gasteiger partial charge on any atom is -0.470 e. The normalized spacial score (nSPS) is 16.6. The summed E-state index contributed by atoms with van der Waals surface area (Å²) in [7, 11) is 0. The van der Waals surface area contributed by atoms with Gasteiger partial charge in [0.05, 0.1) is 23.7 Å². The third-order valence-electron chi connectivity index (χ3n) is 7.19. The molecule has 1 N–H and O–H groups in total. The average Bonchev–Trinajstić information content (AvgIpc) is 3.53. The number of nitrogens with zero attached hydrogens (tertiary/aromatic N) is 6. The van der Waals surface area contributed by atoms with Crippen LogP contribution in [0.2, 0.25) is 5.02 Å². The molecule has 0 atom stereocenters. The van der Waals surface area contributed by atoms with Crippen molar-refractivity contribution in [1.29, 1.82) is 0 Å². The summed E-state index contributed by atoms with van der Waals surface area (Å²) in [5.74, 6) is 1.24. The Bertz CT molecular complexity index is 1510. The molecule has 38 heavy (non-hydrogen) atoms. The first kappa shape index (κ1) is 24.8. The average molecular weight is 532 g/mol. The lowest BCUT2D eigenvalue weighted by Gasteiger charge is -2.27. The number of piperazine rings is 1. The van der Waals surface area contributed by atoms with Crippen molar-refractivity contribution in [1.82, 2.24) is 34.7 Å². The number of carbonyl (C=O) groups is 1. The Morgan fingerprint density at radius 2 is 1.95 bits per heavy atom. The summed E-state index contributed by atoms with van der Waals surface area (Å²) in [5.41, 5.74) is 4.67. The number of nitrogens with one attached hydrogen (secondary N) is 1. The summed E-state index contributed by atoms with van der Waals surface area (Å²) in [5, 5.41) is 3.80. The molecule has 0 unspecified atom stereocenters. The van der Waals surface area contributed by atoms with Gasteiger partial charge < -0.3 is 19.5 Å². The molecule has 0 bridgehead atoms. The molecule has 0 radical (unpaired) electrons. The molecule has 0 spiro atoms. The number of benzene rings is 1. The van der Waals surface area contributed by atoms with Crippen LogP contribution in [-0.4, -0.2) is 67.1 Å². The standard InChI is InChI=1S/C28H30ClN7O2/c1-18-5-8-31-20(13-18)16-36-25(34-24-26(36)32-17-33-27(24)38-28(2)6-7-28)21-4-3-19(14-22(21)29)15-23(37)35-11-9-30-10-12-35/h3-5,8,13-14,17,30H,6-7,9-12,15-16H2,1-2H3. The molecule has 1 aliphatic carbocycles. The van der Waals surface area contributed by atoms with Crippen LogP contribution in [0.3, 0.4) is 0 Å². The maximum atomic E-state index is 12.8. The molecule has 1 saturated carbocycles. The van der Waals surface area contributed by atoms with Crippen molar-refractivity contribution in [2.24, 2.45) is 0 Å². The van der Waals surface area contributed by atoms with Gasteiger partial charge in [-0.1, -0.05) is 17.7 Å². The molecule has 4 heterocycles. The molecule has 3 aromatic heterocycles. The number of aromatic nitrogens is 5. The summed E-state index contributed by atoms with van der Waals surface area (Å²) < 4.78 is 8.24. The first-order valence-electron chi connectivity index (χ1n) is 13.0. The number of ether oxygens (including phenoxy) is 1. The van der Waals surface area contributed by atoms with Crippen LogP contribution in [0.4, 0.5) is 0 Å². The maximum Gasteiger partial charge on any atom is 0.245 e. The van der Waals surface area contributed by atoms with Gasteiger partial charge in [0.1, 0.15) is 17.8 Å².